The van der Waals surface area contributed by atoms with E-state index in [0.717, 1.165) is 24.0 Å². The van der Waals surface area contributed by atoms with Crippen LogP contribution in [0.1, 0.15) is 36.4 Å². The highest BCUT2D eigenvalue weighted by atomic mass is 16.2. The fraction of sp³-hybridized carbons (Fsp3) is 0.300. The summed E-state index contributed by atoms with van der Waals surface area (Å²) in [7, 11) is 0. The summed E-state index contributed by atoms with van der Waals surface area (Å²) in [4.78, 5) is 24.2. The van der Waals surface area contributed by atoms with Gasteiger partial charge in [0.05, 0.1) is 0 Å². The molecule has 3 rings (SSSR count). The highest BCUT2D eigenvalue weighted by Crippen LogP contribution is 2.31. The van der Waals surface area contributed by atoms with E-state index in [1.165, 1.54) is 0 Å². The first-order valence-electron chi connectivity index (χ1n) is 8.55. The van der Waals surface area contributed by atoms with E-state index in [1.807, 2.05) is 49.4 Å². The molecule has 1 unspecified atom stereocenters. The first-order valence-corrected chi connectivity index (χ1v) is 8.55. The molecule has 0 spiro atoms. The van der Waals surface area contributed by atoms with Crippen LogP contribution in [0.4, 0.5) is 11.4 Å². The number of anilines is 2. The van der Waals surface area contributed by atoms with Crippen LogP contribution in [0.5, 0.6) is 0 Å². The van der Waals surface area contributed by atoms with E-state index >= 15 is 0 Å². The Morgan fingerprint density at radius 1 is 1.12 bits per heavy atom. The van der Waals surface area contributed by atoms with Gasteiger partial charge in [0.25, 0.3) is 0 Å². The summed E-state index contributed by atoms with van der Waals surface area (Å²) in [6.07, 6.45) is 2.11. The van der Waals surface area contributed by atoms with Crippen LogP contribution in [0.2, 0.25) is 0 Å². The lowest BCUT2D eigenvalue weighted by molar-refractivity contribution is -0.117. The first-order chi connectivity index (χ1) is 12.0. The van der Waals surface area contributed by atoms with Gasteiger partial charge in [-0.3, -0.25) is 9.59 Å². The van der Waals surface area contributed by atoms with E-state index in [9.17, 15) is 9.59 Å². The van der Waals surface area contributed by atoms with E-state index in [0.29, 0.717) is 11.4 Å². The molecule has 1 fully saturated rings. The number of amides is 2. The molecule has 2 aromatic rings. The minimum absolute atomic E-state index is 0.0484. The van der Waals surface area contributed by atoms with Crippen molar-refractivity contribution >= 4 is 23.2 Å². The molecule has 2 aromatic carbocycles. The second-order valence-electron chi connectivity index (χ2n) is 6.56. The summed E-state index contributed by atoms with van der Waals surface area (Å²) < 4.78 is 0. The van der Waals surface area contributed by atoms with Crippen molar-refractivity contribution in [2.24, 2.45) is 11.7 Å². The van der Waals surface area contributed by atoms with Gasteiger partial charge in [-0.15, -0.1) is 0 Å². The van der Waals surface area contributed by atoms with E-state index in [-0.39, 0.29) is 30.2 Å². The van der Waals surface area contributed by atoms with Crippen molar-refractivity contribution in [1.29, 1.82) is 0 Å². The van der Waals surface area contributed by atoms with E-state index < -0.39 is 0 Å². The molecule has 1 atom stereocenters. The standard InChI is InChI=1S/C20H23N3O2/c1-13-7-10-16(22-20(25)15-8-9-15)11-18(13)23-19(24)12-17(21)14-5-3-2-4-6-14/h2-7,10-11,15,17H,8-9,12,21H2,1H3,(H,22,25)(H,23,24). The molecule has 0 bridgehead atoms. The number of hydrogen-bond acceptors (Lipinski definition) is 3. The number of nitrogens with two attached hydrogens (primary N) is 1. The van der Waals surface area contributed by atoms with Gasteiger partial charge in [-0.05, 0) is 43.0 Å². The number of benzene rings is 2. The summed E-state index contributed by atoms with van der Waals surface area (Å²) in [6, 6.07) is 14.7. The molecule has 0 heterocycles. The number of rotatable bonds is 6. The third kappa shape index (κ3) is 4.67. The molecule has 1 saturated carbocycles. The predicted molar refractivity (Wildman–Crippen MR) is 99.1 cm³/mol. The summed E-state index contributed by atoms with van der Waals surface area (Å²) in [5.41, 5.74) is 9.36. The molecule has 0 radical (unpaired) electrons. The topological polar surface area (TPSA) is 84.2 Å². The van der Waals surface area contributed by atoms with Gasteiger partial charge in [0, 0.05) is 29.8 Å². The van der Waals surface area contributed by atoms with Crippen LogP contribution in [0.25, 0.3) is 0 Å². The fourth-order valence-corrected chi connectivity index (χ4v) is 2.64. The third-order valence-corrected chi connectivity index (χ3v) is 4.36. The maximum atomic E-state index is 12.3. The molecule has 4 N–H and O–H groups in total. The van der Waals surface area contributed by atoms with Gasteiger partial charge in [0.15, 0.2) is 0 Å². The smallest absolute Gasteiger partial charge is 0.227 e. The van der Waals surface area contributed by atoms with Crippen LogP contribution in [-0.2, 0) is 9.59 Å². The molecule has 130 valence electrons. The Hall–Kier alpha value is -2.66. The molecule has 0 saturated heterocycles. The van der Waals surface area contributed by atoms with Crippen LogP contribution in [0.15, 0.2) is 48.5 Å². The van der Waals surface area contributed by atoms with Crippen molar-refractivity contribution in [2.45, 2.75) is 32.2 Å². The van der Waals surface area contributed by atoms with Crippen molar-refractivity contribution in [3.05, 3.63) is 59.7 Å². The van der Waals surface area contributed by atoms with Gasteiger partial charge in [0.2, 0.25) is 11.8 Å². The maximum absolute atomic E-state index is 12.3. The number of carbonyl (C=O) groups excluding carboxylic acids is 2. The average Bonchev–Trinajstić information content (AvgIpc) is 3.43. The summed E-state index contributed by atoms with van der Waals surface area (Å²) >= 11 is 0. The molecule has 0 aromatic heterocycles. The first kappa shape index (κ1) is 17.2. The maximum Gasteiger partial charge on any atom is 0.227 e. The molecule has 1 aliphatic carbocycles. The molecule has 2 amide bonds. The van der Waals surface area contributed by atoms with Gasteiger partial charge in [0.1, 0.15) is 0 Å². The molecule has 1 aliphatic rings. The minimum Gasteiger partial charge on any atom is -0.326 e. The minimum atomic E-state index is -0.348. The zero-order chi connectivity index (χ0) is 17.8. The molecule has 5 heteroatoms. The Kier molecular flexibility index (Phi) is 5.14. The second-order valence-corrected chi connectivity index (χ2v) is 6.56. The molecule has 0 aliphatic heterocycles. The third-order valence-electron chi connectivity index (χ3n) is 4.36. The Labute approximate surface area is 147 Å². The zero-order valence-corrected chi connectivity index (χ0v) is 14.3. The zero-order valence-electron chi connectivity index (χ0n) is 14.3. The lowest BCUT2D eigenvalue weighted by atomic mass is 10.0. The molecule has 5 nitrogen and oxygen atoms in total. The number of nitrogens with one attached hydrogen (secondary N) is 2. The van der Waals surface area contributed by atoms with Gasteiger partial charge in [-0.25, -0.2) is 0 Å². The monoisotopic (exact) mass is 337 g/mol. The Morgan fingerprint density at radius 3 is 2.52 bits per heavy atom. The number of hydrogen-bond donors (Lipinski definition) is 3. The Balaban J connectivity index is 1.62. The lowest BCUT2D eigenvalue weighted by Gasteiger charge is -2.14. The normalized spacial score (nSPS) is 14.6. The lowest BCUT2D eigenvalue weighted by Crippen LogP contribution is -2.21. The van der Waals surface area contributed by atoms with Crippen LogP contribution in [0.3, 0.4) is 0 Å². The highest BCUT2D eigenvalue weighted by molar-refractivity contribution is 5.96. The summed E-state index contributed by atoms with van der Waals surface area (Å²) in [5, 5.41) is 5.80. The molecule has 25 heavy (non-hydrogen) atoms. The summed E-state index contributed by atoms with van der Waals surface area (Å²) in [5.74, 6) is 0.0422. The van der Waals surface area contributed by atoms with E-state index in [4.69, 9.17) is 5.73 Å². The van der Waals surface area contributed by atoms with Crippen LogP contribution >= 0.6 is 0 Å². The van der Waals surface area contributed by atoms with E-state index in [2.05, 4.69) is 10.6 Å². The Bertz CT molecular complexity index is 770. The van der Waals surface area contributed by atoms with Crippen LogP contribution in [-0.4, -0.2) is 11.8 Å². The number of aryl methyl sites for hydroxylation is 1. The van der Waals surface area contributed by atoms with Crippen molar-refractivity contribution in [3.8, 4) is 0 Å². The average molecular weight is 337 g/mol. The fourth-order valence-electron chi connectivity index (χ4n) is 2.64. The van der Waals surface area contributed by atoms with Crippen molar-refractivity contribution < 1.29 is 9.59 Å². The van der Waals surface area contributed by atoms with Crippen LogP contribution < -0.4 is 16.4 Å². The van der Waals surface area contributed by atoms with Gasteiger partial charge in [-0.2, -0.15) is 0 Å². The second kappa shape index (κ2) is 7.49. The summed E-state index contributed by atoms with van der Waals surface area (Å²) in [6.45, 7) is 1.92. The quantitative estimate of drug-likeness (QED) is 0.755. The van der Waals surface area contributed by atoms with Crippen molar-refractivity contribution in [2.75, 3.05) is 10.6 Å². The predicted octanol–water partition coefficient (Wildman–Crippen LogP) is 3.37. The van der Waals surface area contributed by atoms with Gasteiger partial charge in [-0.1, -0.05) is 36.4 Å². The Morgan fingerprint density at radius 2 is 1.84 bits per heavy atom. The number of carbonyl (C=O) groups is 2. The molecular weight excluding hydrogens is 314 g/mol. The van der Waals surface area contributed by atoms with Gasteiger partial charge >= 0.3 is 0 Å². The van der Waals surface area contributed by atoms with Crippen molar-refractivity contribution in [3.63, 3.8) is 0 Å². The SMILES string of the molecule is Cc1ccc(NC(=O)C2CC2)cc1NC(=O)CC(N)c1ccccc1. The highest BCUT2D eigenvalue weighted by Gasteiger charge is 2.29. The largest absolute Gasteiger partial charge is 0.326 e. The molecular formula is C20H23N3O2. The van der Waals surface area contributed by atoms with Crippen LogP contribution in [0, 0.1) is 12.8 Å². The van der Waals surface area contributed by atoms with Gasteiger partial charge < -0.3 is 16.4 Å². The van der Waals surface area contributed by atoms with Crippen molar-refractivity contribution in [1.82, 2.24) is 0 Å². The van der Waals surface area contributed by atoms with E-state index in [1.54, 1.807) is 6.07 Å².